The third-order valence-electron chi connectivity index (χ3n) is 2.49. The molecule has 0 aliphatic rings. The van der Waals surface area contributed by atoms with Crippen molar-refractivity contribution in [3.05, 3.63) is 49.6 Å². The van der Waals surface area contributed by atoms with E-state index < -0.39 is 6.10 Å². The van der Waals surface area contributed by atoms with E-state index in [2.05, 4.69) is 15.9 Å². The van der Waals surface area contributed by atoms with E-state index in [1.165, 1.54) is 0 Å². The molecule has 0 aliphatic heterocycles. The van der Waals surface area contributed by atoms with Crippen molar-refractivity contribution in [1.29, 1.82) is 0 Å². The minimum absolute atomic E-state index is 0.478. The van der Waals surface area contributed by atoms with Gasteiger partial charge in [-0.2, -0.15) is 0 Å². The monoisotopic (exact) mass is 346 g/mol. The van der Waals surface area contributed by atoms with Gasteiger partial charge in [-0.05, 0) is 52.0 Å². The molecule has 1 heterocycles. The topological polar surface area (TPSA) is 29.5 Å². The number of hydrogen-bond acceptors (Lipinski definition) is 3. The summed E-state index contributed by atoms with van der Waals surface area (Å²) >= 11 is 11.2. The van der Waals surface area contributed by atoms with E-state index in [0.717, 1.165) is 14.9 Å². The van der Waals surface area contributed by atoms with Gasteiger partial charge in [-0.3, -0.25) is 0 Å². The molecule has 0 spiro atoms. The molecule has 18 heavy (non-hydrogen) atoms. The molecular weight excluding hydrogens is 336 g/mol. The van der Waals surface area contributed by atoms with Gasteiger partial charge in [0, 0.05) is 4.47 Å². The molecule has 0 radical (unpaired) electrons. The summed E-state index contributed by atoms with van der Waals surface area (Å²) in [5, 5.41) is 12.0. The SMILES string of the molecule is CC(O)c1ccc(OCc2sccc2Br)c(Cl)c1. The van der Waals surface area contributed by atoms with Crippen LogP contribution >= 0.6 is 38.9 Å². The van der Waals surface area contributed by atoms with Crippen molar-refractivity contribution in [1.82, 2.24) is 0 Å². The first-order valence-corrected chi connectivity index (χ1v) is 7.45. The summed E-state index contributed by atoms with van der Waals surface area (Å²) in [6, 6.07) is 7.31. The first-order chi connectivity index (χ1) is 8.58. The molecule has 1 atom stereocenters. The minimum Gasteiger partial charge on any atom is -0.486 e. The summed E-state index contributed by atoms with van der Waals surface area (Å²) in [6.07, 6.45) is -0.525. The highest BCUT2D eigenvalue weighted by molar-refractivity contribution is 9.10. The normalized spacial score (nSPS) is 12.4. The molecule has 5 heteroatoms. The second kappa shape index (κ2) is 6.06. The summed E-state index contributed by atoms with van der Waals surface area (Å²) in [7, 11) is 0. The Morgan fingerprint density at radius 1 is 1.44 bits per heavy atom. The van der Waals surface area contributed by atoms with Crippen LogP contribution in [0.25, 0.3) is 0 Å². The number of thiophene rings is 1. The van der Waals surface area contributed by atoms with Gasteiger partial charge in [-0.15, -0.1) is 11.3 Å². The fraction of sp³-hybridized carbons (Fsp3) is 0.231. The fourth-order valence-corrected chi connectivity index (χ4v) is 3.09. The van der Waals surface area contributed by atoms with Gasteiger partial charge in [0.15, 0.2) is 0 Å². The van der Waals surface area contributed by atoms with Crippen molar-refractivity contribution >= 4 is 38.9 Å². The zero-order valence-corrected chi connectivity index (χ0v) is 12.8. The Morgan fingerprint density at radius 2 is 2.22 bits per heavy atom. The molecule has 96 valence electrons. The number of benzene rings is 1. The second-order valence-electron chi connectivity index (χ2n) is 3.85. The highest BCUT2D eigenvalue weighted by Gasteiger charge is 2.08. The molecule has 0 aliphatic carbocycles. The van der Waals surface area contributed by atoms with Gasteiger partial charge in [0.1, 0.15) is 12.4 Å². The van der Waals surface area contributed by atoms with Gasteiger partial charge in [0.05, 0.1) is 16.0 Å². The molecule has 1 aromatic carbocycles. The van der Waals surface area contributed by atoms with E-state index in [9.17, 15) is 5.11 Å². The van der Waals surface area contributed by atoms with Crippen molar-refractivity contribution in [2.24, 2.45) is 0 Å². The summed E-state index contributed by atoms with van der Waals surface area (Å²) < 4.78 is 6.71. The van der Waals surface area contributed by atoms with Crippen molar-refractivity contribution in [2.75, 3.05) is 0 Å². The third-order valence-corrected chi connectivity index (χ3v) is 4.68. The van der Waals surface area contributed by atoms with Crippen LogP contribution in [0, 0.1) is 0 Å². The molecule has 0 saturated carbocycles. The third kappa shape index (κ3) is 3.26. The van der Waals surface area contributed by atoms with Gasteiger partial charge in [0.25, 0.3) is 0 Å². The Bertz CT molecular complexity index is 540. The molecule has 0 amide bonds. The lowest BCUT2D eigenvalue weighted by molar-refractivity contribution is 0.199. The van der Waals surface area contributed by atoms with Gasteiger partial charge in [-0.25, -0.2) is 0 Å². The van der Waals surface area contributed by atoms with Crippen LogP contribution in [0.3, 0.4) is 0 Å². The summed E-state index contributed by atoms with van der Waals surface area (Å²) in [4.78, 5) is 1.12. The lowest BCUT2D eigenvalue weighted by Crippen LogP contribution is -1.96. The van der Waals surface area contributed by atoms with Crippen LogP contribution in [0.5, 0.6) is 5.75 Å². The van der Waals surface area contributed by atoms with Crippen LogP contribution < -0.4 is 4.74 Å². The number of hydrogen-bond donors (Lipinski definition) is 1. The first kappa shape index (κ1) is 13.9. The quantitative estimate of drug-likeness (QED) is 0.861. The standard InChI is InChI=1S/C13H12BrClO2S/c1-8(16)9-2-3-12(11(15)6-9)17-7-13-10(14)4-5-18-13/h2-6,8,16H,7H2,1H3. The van der Waals surface area contributed by atoms with Crippen molar-refractivity contribution in [3.8, 4) is 5.75 Å². The Labute approximate surface area is 123 Å². The molecule has 0 saturated heterocycles. The summed E-state index contributed by atoms with van der Waals surface area (Å²) in [6.45, 7) is 2.18. The average Bonchev–Trinajstić information content (AvgIpc) is 2.73. The van der Waals surface area contributed by atoms with Crippen molar-refractivity contribution in [2.45, 2.75) is 19.6 Å². The van der Waals surface area contributed by atoms with E-state index in [-0.39, 0.29) is 0 Å². The number of aliphatic hydroxyl groups excluding tert-OH is 1. The molecule has 0 bridgehead atoms. The van der Waals surface area contributed by atoms with Crippen LogP contribution in [0.1, 0.15) is 23.5 Å². The molecule has 2 aromatic rings. The highest BCUT2D eigenvalue weighted by Crippen LogP contribution is 2.30. The molecule has 1 aromatic heterocycles. The van der Waals surface area contributed by atoms with Gasteiger partial charge < -0.3 is 9.84 Å². The van der Waals surface area contributed by atoms with Crippen LogP contribution in [0.4, 0.5) is 0 Å². The van der Waals surface area contributed by atoms with Gasteiger partial charge in [0.2, 0.25) is 0 Å². The number of ether oxygens (including phenoxy) is 1. The van der Waals surface area contributed by atoms with E-state index >= 15 is 0 Å². The average molecular weight is 348 g/mol. The lowest BCUT2D eigenvalue weighted by Gasteiger charge is -2.10. The van der Waals surface area contributed by atoms with E-state index in [0.29, 0.717) is 17.4 Å². The van der Waals surface area contributed by atoms with E-state index in [1.807, 2.05) is 17.5 Å². The Balaban J connectivity index is 2.08. The zero-order valence-electron chi connectivity index (χ0n) is 9.69. The lowest BCUT2D eigenvalue weighted by atomic mass is 10.1. The van der Waals surface area contributed by atoms with Crippen LogP contribution in [-0.4, -0.2) is 5.11 Å². The zero-order chi connectivity index (χ0) is 13.1. The largest absolute Gasteiger partial charge is 0.486 e. The summed E-state index contributed by atoms with van der Waals surface area (Å²) in [5.74, 6) is 0.626. The Kier molecular flexibility index (Phi) is 4.67. The molecule has 2 rings (SSSR count). The molecular formula is C13H12BrClO2S. The smallest absolute Gasteiger partial charge is 0.138 e. The maximum absolute atomic E-state index is 9.45. The summed E-state index contributed by atoms with van der Waals surface area (Å²) in [5.41, 5.74) is 0.782. The van der Waals surface area contributed by atoms with Crippen LogP contribution in [0.15, 0.2) is 34.1 Å². The van der Waals surface area contributed by atoms with Crippen LogP contribution in [0.2, 0.25) is 5.02 Å². The van der Waals surface area contributed by atoms with E-state index in [4.69, 9.17) is 16.3 Å². The van der Waals surface area contributed by atoms with Gasteiger partial charge >= 0.3 is 0 Å². The van der Waals surface area contributed by atoms with Gasteiger partial charge in [-0.1, -0.05) is 17.7 Å². The van der Waals surface area contributed by atoms with E-state index in [1.54, 1.807) is 30.4 Å². The molecule has 1 N–H and O–H groups in total. The van der Waals surface area contributed by atoms with Crippen LogP contribution in [-0.2, 0) is 6.61 Å². The van der Waals surface area contributed by atoms with Crippen molar-refractivity contribution < 1.29 is 9.84 Å². The highest BCUT2D eigenvalue weighted by atomic mass is 79.9. The molecule has 0 fully saturated rings. The number of rotatable bonds is 4. The van der Waals surface area contributed by atoms with Crippen molar-refractivity contribution in [3.63, 3.8) is 0 Å². The second-order valence-corrected chi connectivity index (χ2v) is 6.11. The predicted octanol–water partition coefficient (Wildman–Crippen LogP) is 4.80. The molecule has 2 nitrogen and oxygen atoms in total. The predicted molar refractivity (Wildman–Crippen MR) is 78.4 cm³/mol. The first-order valence-electron chi connectivity index (χ1n) is 5.40. The molecule has 1 unspecified atom stereocenters. The number of aliphatic hydroxyl groups is 1. The fourth-order valence-electron chi connectivity index (χ4n) is 1.47. The maximum atomic E-state index is 9.45. The Hall–Kier alpha value is -0.550. The number of halogens is 2. The maximum Gasteiger partial charge on any atom is 0.138 e. The minimum atomic E-state index is -0.525. The Morgan fingerprint density at radius 3 is 2.78 bits per heavy atom.